The summed E-state index contributed by atoms with van der Waals surface area (Å²) >= 11 is 0. The lowest BCUT2D eigenvalue weighted by Gasteiger charge is -2.37. The first kappa shape index (κ1) is 26.7. The minimum absolute atomic E-state index is 0.181. The minimum Gasteiger partial charge on any atom is -0.380 e. The summed E-state index contributed by atoms with van der Waals surface area (Å²) in [5, 5.41) is 7.71. The minimum atomic E-state index is -0.181. The zero-order valence-electron chi connectivity index (χ0n) is 23.2. The molecule has 1 aliphatic rings. The summed E-state index contributed by atoms with van der Waals surface area (Å²) < 4.78 is 7.79. The van der Waals surface area contributed by atoms with Crippen molar-refractivity contribution in [1.82, 2.24) is 14.9 Å². The molecule has 2 N–H and O–H groups in total. The Kier molecular flexibility index (Phi) is 8.14. The molecule has 1 saturated heterocycles. The summed E-state index contributed by atoms with van der Waals surface area (Å²) in [7, 11) is 2.05. The van der Waals surface area contributed by atoms with Gasteiger partial charge in [-0.3, -0.25) is 4.79 Å². The Morgan fingerprint density at radius 3 is 2.54 bits per heavy atom. The van der Waals surface area contributed by atoms with E-state index in [0.29, 0.717) is 43.2 Å². The van der Waals surface area contributed by atoms with Crippen LogP contribution in [-0.2, 0) is 11.8 Å². The Bertz CT molecular complexity index is 1410. The second kappa shape index (κ2) is 11.9. The van der Waals surface area contributed by atoms with Crippen LogP contribution in [-0.4, -0.2) is 60.4 Å². The third-order valence-electron chi connectivity index (χ3n) is 7.19. The molecule has 1 amide bonds. The number of nitrogens with zero attached hydrogens (tertiary/aromatic N) is 4. The predicted octanol–water partition coefficient (Wildman–Crippen LogP) is 5.19. The molecule has 0 radical (unpaired) electrons. The van der Waals surface area contributed by atoms with E-state index in [1.165, 1.54) is 10.9 Å². The van der Waals surface area contributed by atoms with Crippen molar-refractivity contribution < 1.29 is 9.53 Å². The Labute approximate surface area is 230 Å². The number of amides is 1. The van der Waals surface area contributed by atoms with Crippen LogP contribution in [0.15, 0.2) is 73.1 Å². The smallest absolute Gasteiger partial charge is 0.256 e. The van der Waals surface area contributed by atoms with Gasteiger partial charge in [-0.1, -0.05) is 0 Å². The van der Waals surface area contributed by atoms with Crippen molar-refractivity contribution >= 4 is 39.7 Å². The fourth-order valence-corrected chi connectivity index (χ4v) is 5.35. The number of aromatic nitrogens is 2. The summed E-state index contributed by atoms with van der Waals surface area (Å²) in [5.41, 5.74) is 4.91. The molecular formula is C31H38N6O2. The van der Waals surface area contributed by atoms with Crippen molar-refractivity contribution in [2.45, 2.75) is 32.9 Å². The van der Waals surface area contributed by atoms with Crippen molar-refractivity contribution in [2.24, 2.45) is 7.05 Å². The number of piperazine rings is 1. The first-order valence-corrected chi connectivity index (χ1v) is 13.7. The van der Waals surface area contributed by atoms with Gasteiger partial charge in [0, 0.05) is 97.4 Å². The fraction of sp³-hybridized carbons (Fsp3) is 0.355. The Morgan fingerprint density at radius 1 is 1.05 bits per heavy atom. The van der Waals surface area contributed by atoms with E-state index in [1.54, 1.807) is 6.20 Å². The van der Waals surface area contributed by atoms with Gasteiger partial charge in [-0.25, -0.2) is 4.98 Å². The molecule has 5 rings (SSSR count). The number of anilines is 4. The van der Waals surface area contributed by atoms with E-state index in [-0.39, 0.29) is 5.91 Å². The van der Waals surface area contributed by atoms with Gasteiger partial charge in [0.25, 0.3) is 5.91 Å². The number of fused-ring (bicyclic) bond motifs is 1. The Morgan fingerprint density at radius 2 is 1.79 bits per heavy atom. The van der Waals surface area contributed by atoms with E-state index >= 15 is 0 Å². The third-order valence-corrected chi connectivity index (χ3v) is 7.19. The molecule has 1 fully saturated rings. The van der Waals surface area contributed by atoms with Gasteiger partial charge in [0.05, 0.1) is 6.61 Å². The van der Waals surface area contributed by atoms with Crippen molar-refractivity contribution in [3.8, 4) is 0 Å². The number of ether oxygens (including phenoxy) is 1. The van der Waals surface area contributed by atoms with E-state index in [1.807, 2.05) is 50.4 Å². The van der Waals surface area contributed by atoms with Crippen LogP contribution in [0.3, 0.4) is 0 Å². The molecule has 0 spiro atoms. The molecule has 0 bridgehead atoms. The zero-order valence-corrected chi connectivity index (χ0v) is 23.2. The highest BCUT2D eigenvalue weighted by Crippen LogP contribution is 2.30. The molecule has 2 unspecified atom stereocenters. The summed E-state index contributed by atoms with van der Waals surface area (Å²) in [6.07, 6.45) is 3.80. The standard InChI is InChI=1S/C31H38N6O2/c1-5-39-17-16-37(27-10-11-29-25(18-27)13-15-35(29)4)28-12-14-32-30(19-28)34-31(38)24-6-8-26(9-7-24)36-20-22(2)33-23(3)21-36/h6-15,18-19,22-23,33H,5,16-17,20-21H2,1-4H3,(H,32,34,38). The molecule has 2 atom stereocenters. The highest BCUT2D eigenvalue weighted by molar-refractivity contribution is 6.04. The highest BCUT2D eigenvalue weighted by atomic mass is 16.5. The maximum absolute atomic E-state index is 13.1. The molecule has 2 aromatic carbocycles. The molecule has 8 heteroatoms. The highest BCUT2D eigenvalue weighted by Gasteiger charge is 2.21. The quantitative estimate of drug-likeness (QED) is 0.293. The SMILES string of the molecule is CCOCCN(c1ccnc(NC(=O)c2ccc(N3CC(C)NC(C)C3)cc2)c1)c1ccc2c(ccn2C)c1. The van der Waals surface area contributed by atoms with E-state index in [0.717, 1.165) is 30.2 Å². The molecule has 2 aromatic heterocycles. The monoisotopic (exact) mass is 526 g/mol. The van der Waals surface area contributed by atoms with Gasteiger partial charge in [0.2, 0.25) is 0 Å². The van der Waals surface area contributed by atoms with Gasteiger partial charge < -0.3 is 29.7 Å². The van der Waals surface area contributed by atoms with Crippen molar-refractivity contribution in [3.05, 3.63) is 78.6 Å². The molecule has 8 nitrogen and oxygen atoms in total. The molecule has 204 valence electrons. The van der Waals surface area contributed by atoms with Crippen LogP contribution in [0.5, 0.6) is 0 Å². The maximum atomic E-state index is 13.1. The number of hydrogen-bond donors (Lipinski definition) is 2. The number of hydrogen-bond acceptors (Lipinski definition) is 6. The predicted molar refractivity (Wildman–Crippen MR) is 159 cm³/mol. The van der Waals surface area contributed by atoms with Crippen LogP contribution in [0.25, 0.3) is 10.9 Å². The summed E-state index contributed by atoms with van der Waals surface area (Å²) in [4.78, 5) is 22.1. The van der Waals surface area contributed by atoms with Gasteiger partial charge in [-0.2, -0.15) is 0 Å². The van der Waals surface area contributed by atoms with Gasteiger partial charge >= 0.3 is 0 Å². The average molecular weight is 527 g/mol. The average Bonchev–Trinajstić information content (AvgIpc) is 3.30. The largest absolute Gasteiger partial charge is 0.380 e. The first-order valence-electron chi connectivity index (χ1n) is 13.7. The van der Waals surface area contributed by atoms with E-state index in [4.69, 9.17) is 4.74 Å². The number of rotatable bonds is 9. The molecule has 4 aromatic rings. The number of carbonyl (C=O) groups is 1. The van der Waals surface area contributed by atoms with Crippen LogP contribution in [0, 0.1) is 0 Å². The van der Waals surface area contributed by atoms with E-state index in [9.17, 15) is 4.79 Å². The normalized spacial score (nSPS) is 17.4. The van der Waals surface area contributed by atoms with E-state index in [2.05, 4.69) is 74.3 Å². The summed E-state index contributed by atoms with van der Waals surface area (Å²) in [6, 6.07) is 21.1. The van der Waals surface area contributed by atoms with Gasteiger partial charge in [0.15, 0.2) is 0 Å². The molecule has 0 aliphatic carbocycles. The first-order chi connectivity index (χ1) is 18.9. The van der Waals surface area contributed by atoms with Crippen molar-refractivity contribution in [3.63, 3.8) is 0 Å². The van der Waals surface area contributed by atoms with Gasteiger partial charge in [-0.05, 0) is 75.4 Å². The lowest BCUT2D eigenvalue weighted by molar-refractivity contribution is 0.102. The lowest BCUT2D eigenvalue weighted by atomic mass is 10.1. The summed E-state index contributed by atoms with van der Waals surface area (Å²) in [5.74, 6) is 0.327. The number of pyridine rings is 1. The van der Waals surface area contributed by atoms with Crippen LogP contribution >= 0.6 is 0 Å². The zero-order chi connectivity index (χ0) is 27.4. The molecule has 0 saturated carbocycles. The van der Waals surface area contributed by atoms with Crippen molar-refractivity contribution in [2.75, 3.05) is 48.0 Å². The van der Waals surface area contributed by atoms with Crippen LogP contribution < -0.4 is 20.4 Å². The van der Waals surface area contributed by atoms with Gasteiger partial charge in [-0.15, -0.1) is 0 Å². The molecular weight excluding hydrogens is 488 g/mol. The van der Waals surface area contributed by atoms with Gasteiger partial charge in [0.1, 0.15) is 5.82 Å². The van der Waals surface area contributed by atoms with Crippen molar-refractivity contribution in [1.29, 1.82) is 0 Å². The third kappa shape index (κ3) is 6.24. The number of carbonyl (C=O) groups excluding carboxylic acids is 1. The second-order valence-corrected chi connectivity index (χ2v) is 10.3. The van der Waals surface area contributed by atoms with Crippen LogP contribution in [0.4, 0.5) is 22.9 Å². The topological polar surface area (TPSA) is 74.7 Å². The fourth-order valence-electron chi connectivity index (χ4n) is 5.35. The summed E-state index contributed by atoms with van der Waals surface area (Å²) in [6.45, 7) is 10.2. The molecule has 39 heavy (non-hydrogen) atoms. The van der Waals surface area contributed by atoms with Crippen LogP contribution in [0.2, 0.25) is 0 Å². The number of nitrogens with one attached hydrogen (secondary N) is 2. The lowest BCUT2D eigenvalue weighted by Crippen LogP contribution is -2.54. The molecule has 3 heterocycles. The van der Waals surface area contributed by atoms with E-state index < -0.39 is 0 Å². The number of aryl methyl sites for hydroxylation is 1. The Balaban J connectivity index is 1.33. The second-order valence-electron chi connectivity index (χ2n) is 10.3. The molecule has 1 aliphatic heterocycles. The van der Waals surface area contributed by atoms with Crippen LogP contribution in [0.1, 0.15) is 31.1 Å². The Hall–Kier alpha value is -3.88. The number of benzene rings is 2. The maximum Gasteiger partial charge on any atom is 0.256 e.